The number of hydrogen-bond donors (Lipinski definition) is 1. The lowest BCUT2D eigenvalue weighted by Crippen LogP contribution is -2.35. The second kappa shape index (κ2) is 6.71. The van der Waals surface area contributed by atoms with Crippen LogP contribution in [0.5, 0.6) is 0 Å². The summed E-state index contributed by atoms with van der Waals surface area (Å²) in [5.41, 5.74) is 0.199. The van der Waals surface area contributed by atoms with Crippen LogP contribution in [0.2, 0.25) is 0 Å². The van der Waals surface area contributed by atoms with Crippen LogP contribution in [0, 0.1) is 0 Å². The number of carboxylic acids is 1. The molecular weight excluding hydrogens is 242 g/mol. The summed E-state index contributed by atoms with van der Waals surface area (Å²) in [5, 5.41) is 8.63. The summed E-state index contributed by atoms with van der Waals surface area (Å²) in [5.74, 6) is -0.702. The van der Waals surface area contributed by atoms with E-state index in [-0.39, 0.29) is 12.0 Å². The molecule has 1 saturated carbocycles. The minimum Gasteiger partial charge on any atom is -0.481 e. The van der Waals surface area contributed by atoms with Crippen LogP contribution in [-0.4, -0.2) is 47.8 Å². The van der Waals surface area contributed by atoms with Crippen LogP contribution in [0.25, 0.3) is 0 Å². The fourth-order valence-corrected chi connectivity index (χ4v) is 3.53. The van der Waals surface area contributed by atoms with Crippen molar-refractivity contribution in [3.8, 4) is 0 Å². The van der Waals surface area contributed by atoms with Crippen molar-refractivity contribution in [2.45, 2.75) is 69.5 Å². The normalized spacial score (nSPS) is 26.1. The molecule has 2 aliphatic rings. The topological polar surface area (TPSA) is 49.8 Å². The van der Waals surface area contributed by atoms with Crippen molar-refractivity contribution in [1.29, 1.82) is 0 Å². The van der Waals surface area contributed by atoms with E-state index in [4.69, 9.17) is 9.84 Å². The molecule has 0 aromatic rings. The maximum Gasteiger partial charge on any atom is 0.303 e. The summed E-state index contributed by atoms with van der Waals surface area (Å²) >= 11 is 0. The van der Waals surface area contributed by atoms with E-state index >= 15 is 0 Å². The van der Waals surface area contributed by atoms with E-state index in [1.807, 2.05) is 0 Å². The van der Waals surface area contributed by atoms with Crippen molar-refractivity contribution in [2.75, 3.05) is 20.1 Å². The van der Waals surface area contributed by atoms with E-state index in [1.54, 1.807) is 0 Å². The molecule has 0 aromatic heterocycles. The molecule has 2 fully saturated rings. The smallest absolute Gasteiger partial charge is 0.303 e. The third-order valence-corrected chi connectivity index (χ3v) is 4.55. The predicted molar refractivity (Wildman–Crippen MR) is 74.3 cm³/mol. The molecule has 1 spiro atoms. The third-order valence-electron chi connectivity index (χ3n) is 4.55. The SMILES string of the molecule is CN(CCCC(=O)O)CC1CCC2(CCCCC2)O1. The molecule has 0 radical (unpaired) electrons. The summed E-state index contributed by atoms with van der Waals surface area (Å²) in [6.07, 6.45) is 10.2. The van der Waals surface area contributed by atoms with Crippen LogP contribution in [0.1, 0.15) is 57.8 Å². The molecule has 1 saturated heterocycles. The average molecular weight is 269 g/mol. The van der Waals surface area contributed by atoms with E-state index in [9.17, 15) is 4.79 Å². The lowest BCUT2D eigenvalue weighted by Gasteiger charge is -2.34. The highest BCUT2D eigenvalue weighted by molar-refractivity contribution is 5.66. The zero-order valence-electron chi connectivity index (χ0n) is 12.1. The maximum absolute atomic E-state index is 10.5. The molecule has 1 heterocycles. The van der Waals surface area contributed by atoms with E-state index in [1.165, 1.54) is 44.9 Å². The highest BCUT2D eigenvalue weighted by Crippen LogP contribution is 2.41. The van der Waals surface area contributed by atoms with Crippen molar-refractivity contribution >= 4 is 5.97 Å². The fraction of sp³-hybridized carbons (Fsp3) is 0.933. The van der Waals surface area contributed by atoms with E-state index in [2.05, 4.69) is 11.9 Å². The monoisotopic (exact) mass is 269 g/mol. The first kappa shape index (κ1) is 14.8. The molecule has 1 N–H and O–H groups in total. The number of carbonyl (C=O) groups is 1. The number of carboxylic acid groups (broad SMARTS) is 1. The average Bonchev–Trinajstić information content (AvgIpc) is 2.72. The Balaban J connectivity index is 1.67. The van der Waals surface area contributed by atoms with E-state index in [0.717, 1.165) is 19.5 Å². The van der Waals surface area contributed by atoms with E-state index in [0.29, 0.717) is 6.10 Å². The fourth-order valence-electron chi connectivity index (χ4n) is 3.53. The number of hydrogen-bond acceptors (Lipinski definition) is 3. The summed E-state index contributed by atoms with van der Waals surface area (Å²) < 4.78 is 6.33. The molecule has 110 valence electrons. The van der Waals surface area contributed by atoms with Crippen molar-refractivity contribution in [2.24, 2.45) is 0 Å². The lowest BCUT2D eigenvalue weighted by molar-refractivity contribution is -0.137. The van der Waals surface area contributed by atoms with Gasteiger partial charge < -0.3 is 14.7 Å². The van der Waals surface area contributed by atoms with Gasteiger partial charge in [-0.3, -0.25) is 4.79 Å². The second-order valence-corrected chi connectivity index (χ2v) is 6.28. The van der Waals surface area contributed by atoms with Gasteiger partial charge >= 0.3 is 5.97 Å². The summed E-state index contributed by atoms with van der Waals surface area (Å²) in [6.45, 7) is 1.79. The minimum atomic E-state index is -0.702. The predicted octanol–water partition coefficient (Wildman–Crippen LogP) is 2.66. The number of ether oxygens (including phenoxy) is 1. The van der Waals surface area contributed by atoms with Gasteiger partial charge in [-0.1, -0.05) is 19.3 Å². The minimum absolute atomic E-state index is 0.199. The van der Waals surface area contributed by atoms with Gasteiger partial charge in [0, 0.05) is 13.0 Å². The van der Waals surface area contributed by atoms with Gasteiger partial charge in [-0.05, 0) is 45.7 Å². The Kier molecular flexibility index (Phi) is 5.22. The van der Waals surface area contributed by atoms with Crippen LogP contribution in [0.4, 0.5) is 0 Å². The molecule has 0 bridgehead atoms. The van der Waals surface area contributed by atoms with Gasteiger partial charge in [0.1, 0.15) is 0 Å². The largest absolute Gasteiger partial charge is 0.481 e. The first-order valence-electron chi connectivity index (χ1n) is 7.68. The maximum atomic E-state index is 10.5. The van der Waals surface area contributed by atoms with Gasteiger partial charge in [0.25, 0.3) is 0 Å². The van der Waals surface area contributed by atoms with Crippen molar-refractivity contribution < 1.29 is 14.6 Å². The van der Waals surface area contributed by atoms with Crippen LogP contribution in [0.15, 0.2) is 0 Å². The van der Waals surface area contributed by atoms with Crippen molar-refractivity contribution in [3.05, 3.63) is 0 Å². The molecule has 1 atom stereocenters. The molecule has 2 rings (SSSR count). The standard InChI is InChI=1S/C15H27NO3/c1-16(11-5-6-14(17)18)12-13-7-10-15(19-13)8-3-2-4-9-15/h13H,2-12H2,1H3,(H,17,18). The molecule has 1 aliphatic carbocycles. The van der Waals surface area contributed by atoms with Crippen LogP contribution >= 0.6 is 0 Å². The number of rotatable bonds is 6. The molecule has 0 amide bonds. The Morgan fingerprint density at radius 1 is 1.32 bits per heavy atom. The highest BCUT2D eigenvalue weighted by Gasteiger charge is 2.40. The highest BCUT2D eigenvalue weighted by atomic mass is 16.5. The first-order chi connectivity index (χ1) is 9.10. The number of nitrogens with zero attached hydrogens (tertiary/aromatic N) is 1. The van der Waals surface area contributed by atoms with Crippen LogP contribution in [-0.2, 0) is 9.53 Å². The van der Waals surface area contributed by atoms with Gasteiger partial charge in [0.15, 0.2) is 0 Å². The van der Waals surface area contributed by atoms with Gasteiger partial charge in [0.2, 0.25) is 0 Å². The second-order valence-electron chi connectivity index (χ2n) is 6.28. The quantitative estimate of drug-likeness (QED) is 0.805. The van der Waals surface area contributed by atoms with Crippen LogP contribution in [0.3, 0.4) is 0 Å². The molecule has 4 heteroatoms. The Hall–Kier alpha value is -0.610. The molecule has 4 nitrogen and oxygen atoms in total. The van der Waals surface area contributed by atoms with Crippen LogP contribution < -0.4 is 0 Å². The number of aliphatic carboxylic acids is 1. The molecule has 19 heavy (non-hydrogen) atoms. The zero-order chi connectivity index (χ0) is 13.7. The Morgan fingerprint density at radius 3 is 2.74 bits per heavy atom. The van der Waals surface area contributed by atoms with Crippen molar-refractivity contribution in [1.82, 2.24) is 4.90 Å². The van der Waals surface area contributed by atoms with Crippen molar-refractivity contribution in [3.63, 3.8) is 0 Å². The summed E-state index contributed by atoms with van der Waals surface area (Å²) in [4.78, 5) is 12.7. The van der Waals surface area contributed by atoms with E-state index < -0.39 is 5.97 Å². The van der Waals surface area contributed by atoms with Gasteiger partial charge in [-0.2, -0.15) is 0 Å². The number of likely N-dealkylation sites (N-methyl/N-ethyl adjacent to an activating group) is 1. The molecule has 1 aliphatic heterocycles. The van der Waals surface area contributed by atoms with Gasteiger partial charge in [0.05, 0.1) is 11.7 Å². The molecule has 0 aromatic carbocycles. The Morgan fingerprint density at radius 2 is 2.05 bits per heavy atom. The molecular formula is C15H27NO3. The molecule has 1 unspecified atom stereocenters. The third kappa shape index (κ3) is 4.46. The Labute approximate surface area is 116 Å². The van der Waals surface area contributed by atoms with Gasteiger partial charge in [-0.25, -0.2) is 0 Å². The first-order valence-corrected chi connectivity index (χ1v) is 7.68. The van der Waals surface area contributed by atoms with Gasteiger partial charge in [-0.15, -0.1) is 0 Å². The summed E-state index contributed by atoms with van der Waals surface area (Å²) in [6, 6.07) is 0. The lowest BCUT2D eigenvalue weighted by atomic mass is 9.83. The zero-order valence-corrected chi connectivity index (χ0v) is 12.1. The summed E-state index contributed by atoms with van der Waals surface area (Å²) in [7, 11) is 2.07. The Bertz CT molecular complexity index is 300.